The lowest BCUT2D eigenvalue weighted by Crippen LogP contribution is -2.65. The first-order valence-electron chi connectivity index (χ1n) is 6.34. The molecule has 1 aliphatic heterocycles. The zero-order valence-corrected chi connectivity index (χ0v) is 10.7. The zero-order chi connectivity index (χ0) is 11.7. The molecule has 88 valence electrons. The molecule has 0 aromatic heterocycles. The van der Waals surface area contributed by atoms with Crippen LogP contribution in [0.2, 0.25) is 0 Å². The Bertz CT molecular complexity index is 352. The van der Waals surface area contributed by atoms with Gasteiger partial charge in [0.1, 0.15) is 0 Å². The van der Waals surface area contributed by atoms with Gasteiger partial charge in [-0.1, -0.05) is 19.3 Å². The summed E-state index contributed by atoms with van der Waals surface area (Å²) >= 11 is 0. The van der Waals surface area contributed by atoms with Crippen LogP contribution in [-0.2, 0) is 9.31 Å². The van der Waals surface area contributed by atoms with E-state index in [1.54, 1.807) is 0 Å². The number of rotatable bonds is 1. The maximum atomic E-state index is 6.18. The van der Waals surface area contributed by atoms with Gasteiger partial charge in [0, 0.05) is 0 Å². The summed E-state index contributed by atoms with van der Waals surface area (Å²) in [6.07, 6.45) is 2.75. The Kier molecular flexibility index (Phi) is 1.99. The van der Waals surface area contributed by atoms with Crippen molar-refractivity contribution in [1.29, 1.82) is 0 Å². The van der Waals surface area contributed by atoms with Crippen LogP contribution in [0.25, 0.3) is 0 Å². The Hall–Kier alpha value is -0.275. The van der Waals surface area contributed by atoms with Crippen LogP contribution in [0.5, 0.6) is 0 Å². The van der Waals surface area contributed by atoms with E-state index in [4.69, 9.17) is 9.31 Å². The first-order valence-corrected chi connectivity index (χ1v) is 6.34. The summed E-state index contributed by atoms with van der Waals surface area (Å²) in [5, 5.41) is 0. The third-order valence-electron chi connectivity index (χ3n) is 5.35. The highest BCUT2D eigenvalue weighted by Crippen LogP contribution is 2.65. The third kappa shape index (κ3) is 1.11. The number of hydrogen-bond acceptors (Lipinski definition) is 2. The second kappa shape index (κ2) is 2.94. The van der Waals surface area contributed by atoms with Crippen LogP contribution in [0.15, 0.2) is 12.1 Å². The van der Waals surface area contributed by atoms with E-state index in [2.05, 4.69) is 27.4 Å². The fourth-order valence-electron chi connectivity index (χ4n) is 4.08. The molecule has 0 aromatic carbocycles. The van der Waals surface area contributed by atoms with Gasteiger partial charge in [-0.2, -0.15) is 0 Å². The van der Waals surface area contributed by atoms with Gasteiger partial charge < -0.3 is 9.31 Å². The summed E-state index contributed by atoms with van der Waals surface area (Å²) in [6.45, 7) is 12.9. The molecule has 2 nitrogen and oxygen atoms in total. The summed E-state index contributed by atoms with van der Waals surface area (Å²) in [7, 11) is -0.176. The van der Waals surface area contributed by atoms with Crippen molar-refractivity contribution in [3.05, 3.63) is 12.1 Å². The van der Waals surface area contributed by atoms with Crippen molar-refractivity contribution < 1.29 is 9.31 Å². The van der Waals surface area contributed by atoms with E-state index in [1.807, 2.05) is 6.92 Å². The lowest BCUT2D eigenvalue weighted by Gasteiger charge is -2.64. The van der Waals surface area contributed by atoms with Crippen LogP contribution in [0, 0.1) is 17.3 Å². The molecule has 3 saturated carbocycles. The molecule has 2 bridgehead atoms. The summed E-state index contributed by atoms with van der Waals surface area (Å²) < 4.78 is 12.2. The minimum absolute atomic E-state index is 0.0815. The minimum atomic E-state index is -0.176. The molecular weight excluding hydrogens is 199 g/mol. The lowest BCUT2D eigenvalue weighted by atomic mass is 9.43. The topological polar surface area (TPSA) is 18.5 Å². The molecule has 16 heavy (non-hydrogen) atoms. The van der Waals surface area contributed by atoms with Crippen molar-refractivity contribution in [2.45, 2.75) is 52.2 Å². The van der Waals surface area contributed by atoms with Gasteiger partial charge in [0.2, 0.25) is 0 Å². The molecule has 0 N–H and O–H groups in total. The molecule has 4 fully saturated rings. The maximum Gasteiger partial charge on any atom is 0.489 e. The van der Waals surface area contributed by atoms with Gasteiger partial charge in [-0.3, -0.25) is 0 Å². The highest BCUT2D eigenvalue weighted by atomic mass is 16.7. The molecule has 1 heterocycles. The Morgan fingerprint density at radius 3 is 2.56 bits per heavy atom. The average molecular weight is 220 g/mol. The fraction of sp³-hybridized carbons (Fsp3) is 0.846. The second-order valence-electron chi connectivity index (χ2n) is 6.65. The summed E-state index contributed by atoms with van der Waals surface area (Å²) in [5.41, 5.74) is 1.34. The van der Waals surface area contributed by atoms with E-state index in [0.29, 0.717) is 11.3 Å². The summed E-state index contributed by atoms with van der Waals surface area (Å²) in [5.74, 6) is 1.47. The van der Waals surface area contributed by atoms with E-state index in [-0.39, 0.29) is 18.8 Å². The van der Waals surface area contributed by atoms with E-state index < -0.39 is 0 Å². The maximum absolute atomic E-state index is 6.18. The van der Waals surface area contributed by atoms with Crippen LogP contribution < -0.4 is 0 Å². The van der Waals surface area contributed by atoms with Crippen LogP contribution in [-0.4, -0.2) is 18.8 Å². The van der Waals surface area contributed by atoms with Crippen molar-refractivity contribution in [3.8, 4) is 0 Å². The Labute approximate surface area is 98.5 Å². The quantitative estimate of drug-likeness (QED) is 0.632. The largest absolute Gasteiger partial charge is 0.489 e. The monoisotopic (exact) mass is 220 g/mol. The lowest BCUT2D eigenvalue weighted by molar-refractivity contribution is -0.199. The summed E-state index contributed by atoms with van der Waals surface area (Å²) in [6, 6.07) is 0. The second-order valence-corrected chi connectivity index (χ2v) is 6.65. The van der Waals surface area contributed by atoms with Gasteiger partial charge in [0.05, 0.1) is 11.7 Å². The van der Waals surface area contributed by atoms with Gasteiger partial charge in [-0.15, -0.1) is 6.58 Å². The molecule has 0 aromatic rings. The molecule has 4 rings (SSSR count). The molecule has 1 saturated heterocycles. The molecule has 0 amide bonds. The molecule has 4 atom stereocenters. The fourth-order valence-corrected chi connectivity index (χ4v) is 4.08. The van der Waals surface area contributed by atoms with Crippen molar-refractivity contribution in [2.75, 3.05) is 0 Å². The van der Waals surface area contributed by atoms with Gasteiger partial charge in [-0.25, -0.2) is 0 Å². The van der Waals surface area contributed by atoms with Gasteiger partial charge in [0.25, 0.3) is 0 Å². The minimum Gasteiger partial charge on any atom is -0.402 e. The first-order chi connectivity index (χ1) is 7.35. The van der Waals surface area contributed by atoms with Crippen molar-refractivity contribution in [1.82, 2.24) is 0 Å². The van der Waals surface area contributed by atoms with Crippen molar-refractivity contribution >= 4 is 7.12 Å². The Balaban J connectivity index is 1.89. The molecule has 0 unspecified atom stereocenters. The van der Waals surface area contributed by atoms with E-state index >= 15 is 0 Å². The van der Waals surface area contributed by atoms with E-state index in [9.17, 15) is 0 Å². The number of allylic oxidation sites excluding steroid dienone is 1. The molecular formula is C13H21BO2. The SMILES string of the molecule is C=C(C)B1O[C@@H]2C[C@@H]3C[C@@H](C3(C)C)[C@]2(C)O1. The third-order valence-corrected chi connectivity index (χ3v) is 5.35. The van der Waals surface area contributed by atoms with Crippen LogP contribution in [0.3, 0.4) is 0 Å². The highest BCUT2D eigenvalue weighted by molar-refractivity contribution is 6.54. The molecule has 0 spiro atoms. The van der Waals surface area contributed by atoms with Gasteiger partial charge >= 0.3 is 7.12 Å². The van der Waals surface area contributed by atoms with E-state index in [1.165, 1.54) is 6.42 Å². The van der Waals surface area contributed by atoms with Crippen molar-refractivity contribution in [2.24, 2.45) is 17.3 Å². The molecule has 4 aliphatic rings. The van der Waals surface area contributed by atoms with Crippen LogP contribution in [0.4, 0.5) is 0 Å². The first kappa shape index (κ1) is 10.9. The average Bonchev–Trinajstić information content (AvgIpc) is 2.54. The van der Waals surface area contributed by atoms with Gasteiger partial charge in [0.15, 0.2) is 0 Å². The Morgan fingerprint density at radius 2 is 2.00 bits per heavy atom. The van der Waals surface area contributed by atoms with E-state index in [0.717, 1.165) is 17.8 Å². The molecule has 0 radical (unpaired) electrons. The van der Waals surface area contributed by atoms with Crippen molar-refractivity contribution in [3.63, 3.8) is 0 Å². The Morgan fingerprint density at radius 1 is 1.31 bits per heavy atom. The summed E-state index contributed by atoms with van der Waals surface area (Å²) in [4.78, 5) is 0. The number of hydrogen-bond donors (Lipinski definition) is 0. The van der Waals surface area contributed by atoms with Crippen LogP contribution >= 0.6 is 0 Å². The van der Waals surface area contributed by atoms with Gasteiger partial charge in [-0.05, 0) is 43.9 Å². The standard InChI is InChI=1S/C13H21BO2/c1-8(2)14-15-11-7-9-6-10(12(9,3)4)13(11,5)16-14/h9-11H,1,6-7H2,2-5H3/t9-,10-,11+,13-/m0/s1. The predicted molar refractivity (Wildman–Crippen MR) is 64.9 cm³/mol. The van der Waals surface area contributed by atoms with Crippen LogP contribution in [0.1, 0.15) is 40.5 Å². The smallest absolute Gasteiger partial charge is 0.402 e. The molecule has 3 heteroatoms. The predicted octanol–water partition coefficient (Wildman–Crippen LogP) is 2.83. The zero-order valence-electron chi connectivity index (χ0n) is 10.7. The molecule has 3 aliphatic carbocycles. The highest BCUT2D eigenvalue weighted by Gasteiger charge is 2.67. The normalized spacial score (nSPS) is 48.5.